The van der Waals surface area contributed by atoms with Crippen molar-refractivity contribution in [2.75, 3.05) is 30.5 Å². The molecule has 2 heterocycles. The Morgan fingerprint density at radius 2 is 2.50 bits per heavy atom. The van der Waals surface area contributed by atoms with Crippen LogP contribution in [0.3, 0.4) is 0 Å². The molecule has 0 bridgehead atoms. The molecule has 0 aromatic carbocycles. The van der Waals surface area contributed by atoms with Crippen LogP contribution in [-0.2, 0) is 4.74 Å². The van der Waals surface area contributed by atoms with Crippen molar-refractivity contribution in [3.63, 3.8) is 0 Å². The summed E-state index contributed by atoms with van der Waals surface area (Å²) < 4.78 is 5.30. The Morgan fingerprint density at radius 1 is 1.69 bits per heavy atom. The molecule has 2 rings (SSSR count). The lowest BCUT2D eigenvalue weighted by Gasteiger charge is -2.20. The van der Waals surface area contributed by atoms with Crippen LogP contribution in [0.2, 0.25) is 5.28 Å². The Morgan fingerprint density at radius 3 is 3.12 bits per heavy atom. The number of anilines is 2. The zero-order valence-electron chi connectivity index (χ0n) is 8.98. The van der Waals surface area contributed by atoms with Crippen LogP contribution in [0, 0.1) is 0 Å². The first-order valence-electron chi connectivity index (χ1n) is 5.01. The maximum absolute atomic E-state index is 5.70. The van der Waals surface area contributed by atoms with Gasteiger partial charge in [0.15, 0.2) is 5.82 Å². The molecule has 1 aromatic rings. The van der Waals surface area contributed by atoms with Gasteiger partial charge in [-0.25, -0.2) is 10.8 Å². The monoisotopic (exact) mass is 243 g/mol. The van der Waals surface area contributed by atoms with Crippen LogP contribution in [0.5, 0.6) is 0 Å². The Labute approximate surface area is 98.7 Å². The summed E-state index contributed by atoms with van der Waals surface area (Å²) in [5.41, 5.74) is 3.38. The van der Waals surface area contributed by atoms with Gasteiger partial charge in [-0.1, -0.05) is 0 Å². The van der Waals surface area contributed by atoms with Crippen molar-refractivity contribution >= 4 is 23.1 Å². The predicted molar refractivity (Wildman–Crippen MR) is 62.5 cm³/mol. The maximum atomic E-state index is 5.70. The van der Waals surface area contributed by atoms with Gasteiger partial charge in [0.05, 0.1) is 18.0 Å². The second kappa shape index (κ2) is 4.82. The number of hydrazine groups is 1. The Hall–Kier alpha value is -1.11. The molecule has 0 radical (unpaired) electrons. The number of hydrogen-bond donors (Lipinski definition) is 2. The van der Waals surface area contributed by atoms with E-state index in [0.29, 0.717) is 5.82 Å². The first kappa shape index (κ1) is 11.4. The number of nitrogen functional groups attached to an aromatic ring is 1. The largest absolute Gasteiger partial charge is 0.380 e. The summed E-state index contributed by atoms with van der Waals surface area (Å²) in [5.74, 6) is 5.94. The van der Waals surface area contributed by atoms with E-state index < -0.39 is 0 Å². The summed E-state index contributed by atoms with van der Waals surface area (Å²) in [5, 5.41) is 0.180. The molecule has 1 atom stereocenters. The molecular weight excluding hydrogens is 230 g/mol. The summed E-state index contributed by atoms with van der Waals surface area (Å²) in [7, 11) is 1.72. The number of ether oxygens (including phenoxy) is 1. The SMILES string of the molecule is COC1CCN(c2cnc(Cl)nc2NN)C1. The van der Waals surface area contributed by atoms with Gasteiger partial charge in [0, 0.05) is 20.2 Å². The van der Waals surface area contributed by atoms with Crippen LogP contribution in [0.15, 0.2) is 6.20 Å². The lowest BCUT2D eigenvalue weighted by Crippen LogP contribution is -2.24. The number of nitrogens with two attached hydrogens (primary N) is 1. The molecule has 0 amide bonds. The lowest BCUT2D eigenvalue weighted by molar-refractivity contribution is 0.121. The van der Waals surface area contributed by atoms with E-state index in [1.165, 1.54) is 0 Å². The Bertz CT molecular complexity index is 375. The molecule has 1 aliphatic rings. The Kier molecular flexibility index (Phi) is 3.42. The second-order valence-corrected chi connectivity index (χ2v) is 3.95. The first-order valence-corrected chi connectivity index (χ1v) is 5.39. The highest BCUT2D eigenvalue weighted by molar-refractivity contribution is 6.28. The molecule has 16 heavy (non-hydrogen) atoms. The minimum atomic E-state index is 0.180. The molecule has 1 fully saturated rings. The second-order valence-electron chi connectivity index (χ2n) is 3.61. The quantitative estimate of drug-likeness (QED) is 0.461. The normalized spacial score (nSPS) is 20.2. The van der Waals surface area contributed by atoms with E-state index >= 15 is 0 Å². The minimum absolute atomic E-state index is 0.180. The van der Waals surface area contributed by atoms with Gasteiger partial charge < -0.3 is 15.1 Å². The summed E-state index contributed by atoms with van der Waals surface area (Å²) in [6, 6.07) is 0. The standard InChI is InChI=1S/C9H14ClN5O/c1-16-6-2-3-15(5-6)7-4-12-9(10)13-8(7)14-11/h4,6H,2-3,5,11H2,1H3,(H,12,13,14). The van der Waals surface area contributed by atoms with E-state index in [9.17, 15) is 0 Å². The van der Waals surface area contributed by atoms with Crippen LogP contribution in [-0.4, -0.2) is 36.3 Å². The predicted octanol–water partition coefficient (Wildman–Crippen LogP) is 0.641. The molecule has 0 aliphatic carbocycles. The number of nitrogens with one attached hydrogen (secondary N) is 1. The third kappa shape index (κ3) is 2.18. The highest BCUT2D eigenvalue weighted by atomic mass is 35.5. The number of rotatable bonds is 3. The summed E-state index contributed by atoms with van der Waals surface area (Å²) in [6.45, 7) is 1.72. The third-order valence-corrected chi connectivity index (χ3v) is 2.88. The maximum Gasteiger partial charge on any atom is 0.224 e. The number of halogens is 1. The van der Waals surface area contributed by atoms with Gasteiger partial charge in [-0.15, -0.1) is 0 Å². The van der Waals surface area contributed by atoms with Crippen LogP contribution >= 0.6 is 11.6 Å². The average Bonchev–Trinajstić information content (AvgIpc) is 2.77. The van der Waals surface area contributed by atoms with Crippen molar-refractivity contribution in [3.8, 4) is 0 Å². The molecule has 1 aromatic heterocycles. The average molecular weight is 244 g/mol. The number of nitrogens with zero attached hydrogens (tertiary/aromatic N) is 3. The fourth-order valence-electron chi connectivity index (χ4n) is 1.83. The summed E-state index contributed by atoms with van der Waals surface area (Å²) in [6.07, 6.45) is 2.91. The van der Waals surface area contributed by atoms with Crippen molar-refractivity contribution < 1.29 is 4.74 Å². The zero-order valence-corrected chi connectivity index (χ0v) is 9.74. The van der Waals surface area contributed by atoms with E-state index in [0.717, 1.165) is 25.2 Å². The van der Waals surface area contributed by atoms with Gasteiger partial charge in [0.25, 0.3) is 0 Å². The van der Waals surface area contributed by atoms with Gasteiger partial charge in [0.1, 0.15) is 0 Å². The smallest absolute Gasteiger partial charge is 0.224 e. The molecule has 6 nitrogen and oxygen atoms in total. The molecule has 1 aliphatic heterocycles. The fraction of sp³-hybridized carbons (Fsp3) is 0.556. The van der Waals surface area contributed by atoms with Gasteiger partial charge in [-0.3, -0.25) is 0 Å². The molecule has 1 saturated heterocycles. The first-order chi connectivity index (χ1) is 7.74. The zero-order chi connectivity index (χ0) is 11.5. The van der Waals surface area contributed by atoms with E-state index in [1.54, 1.807) is 13.3 Å². The number of hydrogen-bond acceptors (Lipinski definition) is 6. The summed E-state index contributed by atoms with van der Waals surface area (Å²) in [4.78, 5) is 10.1. The molecule has 3 N–H and O–H groups in total. The molecule has 7 heteroatoms. The molecule has 0 saturated carbocycles. The van der Waals surface area contributed by atoms with Gasteiger partial charge in [-0.2, -0.15) is 4.98 Å². The van der Waals surface area contributed by atoms with Crippen LogP contribution < -0.4 is 16.2 Å². The van der Waals surface area contributed by atoms with Crippen molar-refractivity contribution in [3.05, 3.63) is 11.5 Å². The van der Waals surface area contributed by atoms with Gasteiger partial charge in [0.2, 0.25) is 5.28 Å². The van der Waals surface area contributed by atoms with E-state index in [-0.39, 0.29) is 11.4 Å². The van der Waals surface area contributed by atoms with Crippen LogP contribution in [0.25, 0.3) is 0 Å². The van der Waals surface area contributed by atoms with Gasteiger partial charge in [-0.05, 0) is 18.0 Å². The lowest BCUT2D eigenvalue weighted by atomic mass is 10.3. The Balaban J connectivity index is 2.20. The highest BCUT2D eigenvalue weighted by Gasteiger charge is 2.24. The molecule has 88 valence electrons. The van der Waals surface area contributed by atoms with Crippen molar-refractivity contribution in [1.82, 2.24) is 9.97 Å². The fourth-order valence-corrected chi connectivity index (χ4v) is 1.96. The molecule has 1 unspecified atom stereocenters. The minimum Gasteiger partial charge on any atom is -0.380 e. The molecule has 0 spiro atoms. The van der Waals surface area contributed by atoms with Crippen LogP contribution in [0.1, 0.15) is 6.42 Å². The molecular formula is C9H14ClN5O. The summed E-state index contributed by atoms with van der Waals surface area (Å²) >= 11 is 5.70. The van der Waals surface area contributed by atoms with Crippen molar-refractivity contribution in [2.45, 2.75) is 12.5 Å². The number of methoxy groups -OCH3 is 1. The third-order valence-electron chi connectivity index (χ3n) is 2.70. The highest BCUT2D eigenvalue weighted by Crippen LogP contribution is 2.27. The van der Waals surface area contributed by atoms with Crippen LogP contribution in [0.4, 0.5) is 11.5 Å². The van der Waals surface area contributed by atoms with Gasteiger partial charge >= 0.3 is 0 Å². The van der Waals surface area contributed by atoms with E-state index in [1.807, 2.05) is 0 Å². The topological polar surface area (TPSA) is 76.3 Å². The van der Waals surface area contributed by atoms with E-state index in [4.69, 9.17) is 22.2 Å². The van der Waals surface area contributed by atoms with Crippen molar-refractivity contribution in [2.24, 2.45) is 5.84 Å². The van der Waals surface area contributed by atoms with E-state index in [2.05, 4.69) is 20.3 Å². The number of aromatic nitrogens is 2. The van der Waals surface area contributed by atoms with Crippen molar-refractivity contribution in [1.29, 1.82) is 0 Å².